The molecule has 0 unspecified atom stereocenters. The van der Waals surface area contributed by atoms with Crippen molar-refractivity contribution < 1.29 is 22.5 Å². The van der Waals surface area contributed by atoms with Gasteiger partial charge in [-0.1, -0.05) is 67.3 Å². The van der Waals surface area contributed by atoms with Gasteiger partial charge in [-0.3, -0.25) is 9.35 Å². The van der Waals surface area contributed by atoms with E-state index in [1.54, 1.807) is 12.1 Å². The minimum Gasteiger partial charge on any atom is -0.459 e. The molecule has 1 aliphatic carbocycles. The first-order valence-electron chi connectivity index (χ1n) is 9.25. The first kappa shape index (κ1) is 22.1. The maximum Gasteiger partial charge on any atom is 0.326 e. The van der Waals surface area contributed by atoms with Crippen LogP contribution in [0.3, 0.4) is 0 Å². The van der Waals surface area contributed by atoms with Crippen molar-refractivity contribution in [2.45, 2.75) is 56.1 Å². The first-order chi connectivity index (χ1) is 13.2. The topological polar surface area (TPSA) is 107 Å². The summed E-state index contributed by atoms with van der Waals surface area (Å²) in [5, 5.41) is 0. The maximum atomic E-state index is 11.9. The maximum absolute atomic E-state index is 11.9. The molecule has 1 fully saturated rings. The molecular formula is C21H27NO5S. The zero-order valence-corrected chi connectivity index (χ0v) is 16.8. The van der Waals surface area contributed by atoms with Gasteiger partial charge in [0.1, 0.15) is 12.1 Å². The molecule has 7 heteroatoms. The summed E-state index contributed by atoms with van der Waals surface area (Å²) in [7, 11) is -4.02. The number of aryl methyl sites for hydroxylation is 1. The van der Waals surface area contributed by atoms with Crippen LogP contribution in [-0.4, -0.2) is 24.5 Å². The van der Waals surface area contributed by atoms with Crippen molar-refractivity contribution in [3.8, 4) is 0 Å². The van der Waals surface area contributed by atoms with Crippen LogP contribution in [0.5, 0.6) is 0 Å². The molecule has 1 aliphatic rings. The molecule has 0 atom stereocenters. The lowest BCUT2D eigenvalue weighted by molar-refractivity contribution is -0.152. The summed E-state index contributed by atoms with van der Waals surface area (Å²) < 4.78 is 34.9. The van der Waals surface area contributed by atoms with Crippen LogP contribution in [0.1, 0.15) is 43.2 Å². The fourth-order valence-electron chi connectivity index (χ4n) is 2.96. The summed E-state index contributed by atoms with van der Waals surface area (Å²) in [5.74, 6) is -0.249. The number of benzene rings is 2. The number of carbonyl (C=O) groups excluding carboxylic acids is 1. The highest BCUT2D eigenvalue weighted by Gasteiger charge is 2.36. The van der Waals surface area contributed by atoms with Crippen LogP contribution in [0.2, 0.25) is 0 Å². The van der Waals surface area contributed by atoms with Gasteiger partial charge in [0, 0.05) is 0 Å². The van der Waals surface area contributed by atoms with Gasteiger partial charge in [0.15, 0.2) is 0 Å². The summed E-state index contributed by atoms with van der Waals surface area (Å²) >= 11 is 0. The highest BCUT2D eigenvalue weighted by atomic mass is 32.2. The fourth-order valence-corrected chi connectivity index (χ4v) is 3.44. The quantitative estimate of drug-likeness (QED) is 0.594. The van der Waals surface area contributed by atoms with Gasteiger partial charge in [-0.25, -0.2) is 0 Å². The van der Waals surface area contributed by atoms with Crippen molar-refractivity contribution in [2.75, 3.05) is 0 Å². The molecule has 2 aromatic carbocycles. The summed E-state index contributed by atoms with van der Waals surface area (Å²) in [6, 6.07) is 15.7. The van der Waals surface area contributed by atoms with Crippen molar-refractivity contribution in [3.63, 3.8) is 0 Å². The van der Waals surface area contributed by atoms with Crippen molar-refractivity contribution in [3.05, 3.63) is 65.7 Å². The summed E-state index contributed by atoms with van der Waals surface area (Å²) in [6.07, 6.45) is 4.72. The largest absolute Gasteiger partial charge is 0.459 e. The number of hydrogen-bond donors (Lipinski definition) is 2. The molecule has 28 heavy (non-hydrogen) atoms. The third-order valence-corrected chi connectivity index (χ3v) is 5.55. The van der Waals surface area contributed by atoms with Gasteiger partial charge >= 0.3 is 5.97 Å². The highest BCUT2D eigenvalue weighted by molar-refractivity contribution is 7.85. The van der Waals surface area contributed by atoms with Crippen LogP contribution >= 0.6 is 0 Å². The number of nitrogens with two attached hydrogens (primary N) is 1. The zero-order chi connectivity index (χ0) is 20.6. The Morgan fingerprint density at radius 2 is 1.61 bits per heavy atom. The van der Waals surface area contributed by atoms with Crippen LogP contribution in [0, 0.1) is 6.92 Å². The second-order valence-corrected chi connectivity index (χ2v) is 8.49. The predicted molar refractivity (Wildman–Crippen MR) is 107 cm³/mol. The number of hydrogen-bond acceptors (Lipinski definition) is 5. The lowest BCUT2D eigenvalue weighted by Gasteiger charge is -2.30. The second-order valence-electron chi connectivity index (χ2n) is 7.07. The molecule has 0 spiro atoms. The lowest BCUT2D eigenvalue weighted by atomic mass is 9.83. The SMILES string of the molecule is Cc1ccc(S(=O)(=O)O)cc1.NC1(C(=O)OCc2ccccc2)CCCCC1. The molecule has 0 amide bonds. The van der Waals surface area contributed by atoms with Gasteiger partial charge in [0.05, 0.1) is 4.90 Å². The average Bonchev–Trinajstić information content (AvgIpc) is 2.67. The summed E-state index contributed by atoms with van der Waals surface area (Å²) in [5.41, 5.74) is 7.31. The van der Waals surface area contributed by atoms with E-state index in [2.05, 4.69) is 0 Å². The van der Waals surface area contributed by atoms with E-state index in [-0.39, 0.29) is 10.9 Å². The third kappa shape index (κ3) is 6.74. The molecule has 0 heterocycles. The molecule has 0 aliphatic heterocycles. The second kappa shape index (κ2) is 9.82. The van der Waals surface area contributed by atoms with Crippen molar-refractivity contribution in [1.29, 1.82) is 0 Å². The van der Waals surface area contributed by atoms with E-state index >= 15 is 0 Å². The number of carbonyl (C=O) groups is 1. The molecule has 3 rings (SSSR count). The van der Waals surface area contributed by atoms with E-state index in [0.29, 0.717) is 6.61 Å². The minimum absolute atomic E-state index is 0.0666. The van der Waals surface area contributed by atoms with E-state index in [9.17, 15) is 13.2 Å². The van der Waals surface area contributed by atoms with Crippen molar-refractivity contribution in [2.24, 2.45) is 5.73 Å². The molecule has 0 bridgehead atoms. The monoisotopic (exact) mass is 405 g/mol. The van der Waals surface area contributed by atoms with E-state index in [0.717, 1.165) is 36.8 Å². The highest BCUT2D eigenvalue weighted by Crippen LogP contribution is 2.27. The van der Waals surface area contributed by atoms with Crippen LogP contribution in [0.4, 0.5) is 0 Å². The van der Waals surface area contributed by atoms with Gasteiger partial charge < -0.3 is 10.5 Å². The molecule has 1 saturated carbocycles. The Bertz CT molecular complexity index is 857. The zero-order valence-electron chi connectivity index (χ0n) is 16.0. The number of rotatable bonds is 4. The van der Waals surface area contributed by atoms with Gasteiger partial charge in [-0.15, -0.1) is 0 Å². The van der Waals surface area contributed by atoms with Crippen molar-refractivity contribution in [1.82, 2.24) is 0 Å². The molecule has 0 saturated heterocycles. The van der Waals surface area contributed by atoms with Crippen LogP contribution in [0.15, 0.2) is 59.5 Å². The Morgan fingerprint density at radius 3 is 2.14 bits per heavy atom. The molecule has 152 valence electrons. The Hall–Kier alpha value is -2.22. The van der Waals surface area contributed by atoms with E-state index in [1.807, 2.05) is 37.3 Å². The van der Waals surface area contributed by atoms with Crippen LogP contribution < -0.4 is 5.73 Å². The Kier molecular flexibility index (Phi) is 7.74. The minimum atomic E-state index is -4.02. The van der Waals surface area contributed by atoms with Gasteiger partial charge in [-0.2, -0.15) is 8.42 Å². The predicted octanol–water partition coefficient (Wildman–Crippen LogP) is 3.63. The third-order valence-electron chi connectivity index (χ3n) is 4.68. The van der Waals surface area contributed by atoms with Gasteiger partial charge in [-0.05, 0) is 37.5 Å². The normalized spacial score (nSPS) is 15.8. The smallest absolute Gasteiger partial charge is 0.326 e. The molecule has 2 aromatic rings. The van der Waals surface area contributed by atoms with Crippen molar-refractivity contribution >= 4 is 16.1 Å². The van der Waals surface area contributed by atoms with E-state index < -0.39 is 15.7 Å². The Balaban J connectivity index is 0.000000221. The van der Waals surface area contributed by atoms with Gasteiger partial charge in [0.2, 0.25) is 0 Å². The molecule has 6 nitrogen and oxygen atoms in total. The lowest BCUT2D eigenvalue weighted by Crippen LogP contribution is -2.50. The Morgan fingerprint density at radius 1 is 1.04 bits per heavy atom. The number of ether oxygens (including phenoxy) is 1. The standard InChI is InChI=1S/C14H19NO2.C7H8O3S/c15-14(9-5-2-6-10-14)13(16)17-11-12-7-3-1-4-8-12;1-6-2-4-7(5-3-6)11(8,9)10/h1,3-4,7-8H,2,5-6,9-11,15H2;2-5H,1H3,(H,8,9,10). The molecular weight excluding hydrogens is 378 g/mol. The summed E-state index contributed by atoms with van der Waals surface area (Å²) in [6.45, 7) is 2.16. The van der Waals surface area contributed by atoms with Crippen LogP contribution in [-0.2, 0) is 26.3 Å². The van der Waals surface area contributed by atoms with Gasteiger partial charge in [0.25, 0.3) is 10.1 Å². The molecule has 0 aromatic heterocycles. The van der Waals surface area contributed by atoms with Crippen LogP contribution in [0.25, 0.3) is 0 Å². The first-order valence-corrected chi connectivity index (χ1v) is 10.7. The molecule has 0 radical (unpaired) electrons. The molecule has 3 N–H and O–H groups in total. The fraction of sp³-hybridized carbons (Fsp3) is 0.381. The Labute approximate surface area is 166 Å². The van der Waals surface area contributed by atoms with E-state index in [4.69, 9.17) is 15.0 Å². The van der Waals surface area contributed by atoms with E-state index in [1.165, 1.54) is 18.6 Å². The number of esters is 1. The average molecular weight is 406 g/mol. The summed E-state index contributed by atoms with van der Waals surface area (Å²) in [4.78, 5) is 11.9.